The second-order valence-electron chi connectivity index (χ2n) is 3.61. The summed E-state index contributed by atoms with van der Waals surface area (Å²) < 4.78 is 0. The molecule has 5 heteroatoms. The molecule has 1 aliphatic rings. The topological polar surface area (TPSA) is 67.1 Å². The molecule has 82 valence electrons. The number of nitrogens with zero attached hydrogens (tertiary/aromatic N) is 3. The van der Waals surface area contributed by atoms with Crippen LogP contribution in [0.1, 0.15) is 25.1 Å². The molecule has 0 bridgehead atoms. The van der Waals surface area contributed by atoms with Gasteiger partial charge in [-0.2, -0.15) is 4.98 Å². The van der Waals surface area contributed by atoms with Crippen LogP contribution < -0.4 is 16.0 Å². The van der Waals surface area contributed by atoms with Crippen LogP contribution in [0.25, 0.3) is 0 Å². The van der Waals surface area contributed by atoms with Gasteiger partial charge in [0, 0.05) is 31.7 Å². The highest BCUT2D eigenvalue weighted by Crippen LogP contribution is 2.24. The van der Waals surface area contributed by atoms with Crippen LogP contribution in [0.5, 0.6) is 0 Å². The minimum atomic E-state index is 0.374. The quantitative estimate of drug-likeness (QED) is 0.756. The van der Waals surface area contributed by atoms with E-state index in [9.17, 15) is 0 Å². The SMILES string of the molecule is CCN(CC)c1nc(N)nc2c1CNC2. The van der Waals surface area contributed by atoms with Crippen LogP contribution in [-0.4, -0.2) is 23.1 Å². The minimum absolute atomic E-state index is 0.374. The van der Waals surface area contributed by atoms with E-state index < -0.39 is 0 Å². The molecule has 1 aromatic heterocycles. The molecular weight excluding hydrogens is 190 g/mol. The van der Waals surface area contributed by atoms with Gasteiger partial charge in [-0.15, -0.1) is 0 Å². The summed E-state index contributed by atoms with van der Waals surface area (Å²) in [5.41, 5.74) is 7.95. The smallest absolute Gasteiger partial charge is 0.222 e. The molecule has 0 fully saturated rings. The van der Waals surface area contributed by atoms with Gasteiger partial charge in [-0.1, -0.05) is 0 Å². The number of anilines is 2. The molecule has 0 spiro atoms. The second-order valence-corrected chi connectivity index (χ2v) is 3.61. The van der Waals surface area contributed by atoms with Crippen molar-refractivity contribution in [3.8, 4) is 0 Å². The maximum atomic E-state index is 5.70. The number of aromatic nitrogens is 2. The first-order valence-corrected chi connectivity index (χ1v) is 5.37. The fraction of sp³-hybridized carbons (Fsp3) is 0.600. The molecule has 0 atom stereocenters. The van der Waals surface area contributed by atoms with Crippen LogP contribution in [0.2, 0.25) is 0 Å². The molecule has 1 aromatic rings. The van der Waals surface area contributed by atoms with E-state index >= 15 is 0 Å². The van der Waals surface area contributed by atoms with E-state index in [0.29, 0.717) is 5.95 Å². The summed E-state index contributed by atoms with van der Waals surface area (Å²) in [4.78, 5) is 10.8. The molecule has 2 heterocycles. The lowest BCUT2D eigenvalue weighted by atomic mass is 10.2. The van der Waals surface area contributed by atoms with E-state index in [0.717, 1.165) is 37.7 Å². The van der Waals surface area contributed by atoms with Crippen LogP contribution in [0.15, 0.2) is 0 Å². The summed E-state index contributed by atoms with van der Waals surface area (Å²) in [5, 5.41) is 3.27. The number of hydrogen-bond donors (Lipinski definition) is 2. The van der Waals surface area contributed by atoms with Gasteiger partial charge in [0.15, 0.2) is 0 Å². The molecule has 0 amide bonds. The summed E-state index contributed by atoms with van der Waals surface area (Å²) in [6.07, 6.45) is 0. The maximum absolute atomic E-state index is 5.70. The van der Waals surface area contributed by atoms with E-state index in [1.165, 1.54) is 5.56 Å². The Morgan fingerprint density at radius 3 is 2.67 bits per heavy atom. The molecular formula is C10H17N5. The van der Waals surface area contributed by atoms with Gasteiger partial charge in [0.2, 0.25) is 5.95 Å². The molecule has 2 rings (SSSR count). The third kappa shape index (κ3) is 1.74. The van der Waals surface area contributed by atoms with E-state index in [4.69, 9.17) is 5.73 Å². The first-order chi connectivity index (χ1) is 7.26. The van der Waals surface area contributed by atoms with Gasteiger partial charge in [-0.3, -0.25) is 0 Å². The van der Waals surface area contributed by atoms with Crippen LogP contribution in [0.4, 0.5) is 11.8 Å². The Morgan fingerprint density at radius 1 is 1.27 bits per heavy atom. The van der Waals surface area contributed by atoms with Crippen molar-refractivity contribution in [1.82, 2.24) is 15.3 Å². The van der Waals surface area contributed by atoms with Crippen molar-refractivity contribution in [2.75, 3.05) is 23.7 Å². The highest BCUT2D eigenvalue weighted by atomic mass is 15.2. The number of hydrogen-bond acceptors (Lipinski definition) is 5. The van der Waals surface area contributed by atoms with Crippen molar-refractivity contribution in [3.63, 3.8) is 0 Å². The lowest BCUT2D eigenvalue weighted by Gasteiger charge is -2.22. The van der Waals surface area contributed by atoms with Crippen LogP contribution in [-0.2, 0) is 13.1 Å². The fourth-order valence-electron chi connectivity index (χ4n) is 1.95. The molecule has 5 nitrogen and oxygen atoms in total. The number of rotatable bonds is 3. The van der Waals surface area contributed by atoms with Gasteiger partial charge in [-0.25, -0.2) is 4.98 Å². The standard InChI is InChI=1S/C10H17N5/c1-3-15(4-2)9-7-5-12-6-8(7)13-10(11)14-9/h12H,3-6H2,1-2H3,(H2,11,13,14). The molecule has 3 N–H and O–H groups in total. The van der Waals surface area contributed by atoms with Crippen molar-refractivity contribution in [3.05, 3.63) is 11.3 Å². The molecule has 0 radical (unpaired) electrons. The van der Waals surface area contributed by atoms with E-state index in [1.54, 1.807) is 0 Å². The van der Waals surface area contributed by atoms with Gasteiger partial charge < -0.3 is 16.0 Å². The Hall–Kier alpha value is -1.36. The van der Waals surface area contributed by atoms with Crippen LogP contribution in [0.3, 0.4) is 0 Å². The van der Waals surface area contributed by atoms with Gasteiger partial charge in [0.1, 0.15) is 5.82 Å². The lowest BCUT2D eigenvalue weighted by molar-refractivity contribution is 0.755. The number of nitrogen functional groups attached to an aromatic ring is 1. The van der Waals surface area contributed by atoms with Gasteiger partial charge in [0.05, 0.1) is 5.69 Å². The minimum Gasteiger partial charge on any atom is -0.368 e. The number of nitrogens with two attached hydrogens (primary N) is 1. The summed E-state index contributed by atoms with van der Waals surface area (Å²) >= 11 is 0. The largest absolute Gasteiger partial charge is 0.368 e. The molecule has 0 saturated carbocycles. The normalized spacial score (nSPS) is 14.0. The first kappa shape index (κ1) is 10.2. The Labute approximate surface area is 89.7 Å². The molecule has 0 aromatic carbocycles. The predicted molar refractivity (Wildman–Crippen MR) is 60.5 cm³/mol. The van der Waals surface area contributed by atoms with Gasteiger partial charge in [0.25, 0.3) is 0 Å². The molecule has 0 unspecified atom stereocenters. The molecule has 0 saturated heterocycles. The monoisotopic (exact) mass is 207 g/mol. The summed E-state index contributed by atoms with van der Waals surface area (Å²) in [5.74, 6) is 1.37. The maximum Gasteiger partial charge on any atom is 0.222 e. The lowest BCUT2D eigenvalue weighted by Crippen LogP contribution is -2.25. The summed E-state index contributed by atoms with van der Waals surface area (Å²) in [7, 11) is 0. The van der Waals surface area contributed by atoms with Crippen molar-refractivity contribution in [2.24, 2.45) is 0 Å². The third-order valence-corrected chi connectivity index (χ3v) is 2.75. The summed E-state index contributed by atoms with van der Waals surface area (Å²) in [6, 6.07) is 0. The summed E-state index contributed by atoms with van der Waals surface area (Å²) in [6.45, 7) is 7.78. The average molecular weight is 207 g/mol. The predicted octanol–water partition coefficient (Wildman–Crippen LogP) is 0.508. The Balaban J connectivity index is 2.46. The van der Waals surface area contributed by atoms with Crippen molar-refractivity contribution in [2.45, 2.75) is 26.9 Å². The molecule has 15 heavy (non-hydrogen) atoms. The van der Waals surface area contributed by atoms with E-state index in [-0.39, 0.29) is 0 Å². The first-order valence-electron chi connectivity index (χ1n) is 5.37. The zero-order chi connectivity index (χ0) is 10.8. The van der Waals surface area contributed by atoms with Crippen LogP contribution in [0, 0.1) is 0 Å². The second kappa shape index (κ2) is 4.02. The highest BCUT2D eigenvalue weighted by molar-refractivity contribution is 5.53. The number of fused-ring (bicyclic) bond motifs is 1. The zero-order valence-electron chi connectivity index (χ0n) is 9.25. The Kier molecular flexibility index (Phi) is 2.73. The molecule has 1 aliphatic heterocycles. The van der Waals surface area contributed by atoms with Gasteiger partial charge in [-0.05, 0) is 13.8 Å². The van der Waals surface area contributed by atoms with Crippen molar-refractivity contribution >= 4 is 11.8 Å². The number of nitrogens with one attached hydrogen (secondary N) is 1. The third-order valence-electron chi connectivity index (χ3n) is 2.75. The van der Waals surface area contributed by atoms with Crippen molar-refractivity contribution < 1.29 is 0 Å². The molecule has 0 aliphatic carbocycles. The van der Waals surface area contributed by atoms with E-state index in [2.05, 4.69) is 34.0 Å². The van der Waals surface area contributed by atoms with Crippen LogP contribution >= 0.6 is 0 Å². The van der Waals surface area contributed by atoms with Crippen molar-refractivity contribution in [1.29, 1.82) is 0 Å². The average Bonchev–Trinajstić information content (AvgIpc) is 2.67. The Morgan fingerprint density at radius 2 is 2.00 bits per heavy atom. The zero-order valence-corrected chi connectivity index (χ0v) is 9.25. The highest BCUT2D eigenvalue weighted by Gasteiger charge is 2.20. The van der Waals surface area contributed by atoms with Gasteiger partial charge >= 0.3 is 0 Å². The Bertz CT molecular complexity index is 359. The van der Waals surface area contributed by atoms with E-state index in [1.807, 2.05) is 0 Å². The fourth-order valence-corrected chi connectivity index (χ4v) is 1.95.